The van der Waals surface area contributed by atoms with E-state index in [1.807, 2.05) is 6.92 Å². The second-order valence-corrected chi connectivity index (χ2v) is 3.80. The van der Waals surface area contributed by atoms with Crippen molar-refractivity contribution in [1.29, 1.82) is 0 Å². The van der Waals surface area contributed by atoms with Crippen molar-refractivity contribution in [2.24, 2.45) is 5.73 Å². The first-order valence-corrected chi connectivity index (χ1v) is 4.69. The van der Waals surface area contributed by atoms with Crippen molar-refractivity contribution in [2.45, 2.75) is 13.5 Å². The van der Waals surface area contributed by atoms with Crippen molar-refractivity contribution >= 4 is 11.3 Å². The normalized spacial score (nSPS) is 10.6. The minimum absolute atomic E-state index is 0.331. The predicted octanol–water partition coefficient (Wildman–Crippen LogP) is 1.57. The zero-order chi connectivity index (χ0) is 9.26. The van der Waals surface area contributed by atoms with Crippen LogP contribution in [-0.4, -0.2) is 9.97 Å². The molecule has 0 saturated heterocycles. The topological polar surface area (TPSA) is 64.9 Å². The quantitative estimate of drug-likeness (QED) is 0.789. The molecule has 0 bridgehead atoms. The molecule has 4 nitrogen and oxygen atoms in total. The lowest BCUT2D eigenvalue weighted by atomic mass is 10.4. The summed E-state index contributed by atoms with van der Waals surface area (Å²) < 4.78 is 5.37. The molecule has 2 N–H and O–H groups in total. The number of aromatic nitrogens is 2. The van der Waals surface area contributed by atoms with Crippen LogP contribution in [0, 0.1) is 6.92 Å². The van der Waals surface area contributed by atoms with Gasteiger partial charge in [-0.3, -0.25) is 0 Å². The van der Waals surface area contributed by atoms with Crippen LogP contribution in [0.2, 0.25) is 0 Å². The molecule has 0 aliphatic rings. The SMILES string of the molecule is Cc1ncc(-c2cnc(CN)o2)s1. The van der Waals surface area contributed by atoms with Crippen molar-refractivity contribution in [3.05, 3.63) is 23.3 Å². The molecule has 0 aromatic carbocycles. The first-order valence-electron chi connectivity index (χ1n) is 3.87. The molecular weight excluding hydrogens is 186 g/mol. The number of hydrogen-bond acceptors (Lipinski definition) is 5. The molecule has 0 unspecified atom stereocenters. The van der Waals surface area contributed by atoms with Crippen LogP contribution >= 0.6 is 11.3 Å². The Morgan fingerprint density at radius 1 is 1.46 bits per heavy atom. The number of nitrogens with two attached hydrogens (primary N) is 1. The molecule has 0 radical (unpaired) electrons. The van der Waals surface area contributed by atoms with Crippen molar-refractivity contribution in [3.8, 4) is 10.6 Å². The smallest absolute Gasteiger partial charge is 0.208 e. The van der Waals surface area contributed by atoms with E-state index in [9.17, 15) is 0 Å². The maximum atomic E-state index is 5.38. The van der Waals surface area contributed by atoms with Gasteiger partial charge in [-0.2, -0.15) is 0 Å². The highest BCUT2D eigenvalue weighted by Gasteiger charge is 2.07. The predicted molar refractivity (Wildman–Crippen MR) is 50.2 cm³/mol. The Balaban J connectivity index is 2.35. The summed E-state index contributed by atoms with van der Waals surface area (Å²) in [5.41, 5.74) is 5.38. The Hall–Kier alpha value is -1.20. The highest BCUT2D eigenvalue weighted by molar-refractivity contribution is 7.14. The van der Waals surface area contributed by atoms with E-state index in [1.54, 1.807) is 23.7 Å². The van der Waals surface area contributed by atoms with Gasteiger partial charge in [0.25, 0.3) is 0 Å². The second-order valence-electron chi connectivity index (χ2n) is 2.57. The van der Waals surface area contributed by atoms with Crippen LogP contribution in [0.4, 0.5) is 0 Å². The largest absolute Gasteiger partial charge is 0.438 e. The lowest BCUT2D eigenvalue weighted by Crippen LogP contribution is -1.94. The van der Waals surface area contributed by atoms with Gasteiger partial charge in [-0.1, -0.05) is 0 Å². The number of hydrogen-bond donors (Lipinski definition) is 1. The fraction of sp³-hybridized carbons (Fsp3) is 0.250. The Labute approximate surface area is 79.4 Å². The van der Waals surface area contributed by atoms with Crippen molar-refractivity contribution in [2.75, 3.05) is 0 Å². The summed E-state index contributed by atoms with van der Waals surface area (Å²) in [4.78, 5) is 9.13. The summed E-state index contributed by atoms with van der Waals surface area (Å²) in [6.45, 7) is 2.28. The van der Waals surface area contributed by atoms with Gasteiger partial charge in [0.05, 0.1) is 22.6 Å². The molecule has 0 atom stereocenters. The minimum atomic E-state index is 0.331. The molecule has 5 heteroatoms. The van der Waals surface area contributed by atoms with E-state index in [2.05, 4.69) is 9.97 Å². The molecular formula is C8H9N3OS. The van der Waals surface area contributed by atoms with Crippen molar-refractivity contribution in [3.63, 3.8) is 0 Å². The van der Waals surface area contributed by atoms with Gasteiger partial charge >= 0.3 is 0 Å². The zero-order valence-electron chi connectivity index (χ0n) is 7.15. The van der Waals surface area contributed by atoms with Gasteiger partial charge in [0.1, 0.15) is 0 Å². The Bertz CT molecular complexity index is 407. The number of thiazole rings is 1. The van der Waals surface area contributed by atoms with Gasteiger partial charge in [0.15, 0.2) is 5.76 Å². The number of aryl methyl sites for hydroxylation is 1. The third-order valence-electron chi connectivity index (χ3n) is 1.59. The lowest BCUT2D eigenvalue weighted by Gasteiger charge is -1.86. The summed E-state index contributed by atoms with van der Waals surface area (Å²) >= 11 is 1.58. The summed E-state index contributed by atoms with van der Waals surface area (Å²) in [5.74, 6) is 1.30. The fourth-order valence-electron chi connectivity index (χ4n) is 0.994. The molecule has 2 rings (SSSR count). The van der Waals surface area contributed by atoms with Crippen molar-refractivity contribution < 1.29 is 4.42 Å². The highest BCUT2D eigenvalue weighted by atomic mass is 32.1. The first kappa shape index (κ1) is 8.40. The molecule has 68 valence electrons. The number of rotatable bonds is 2. The molecule has 0 fully saturated rings. The molecule has 2 heterocycles. The average Bonchev–Trinajstić information content (AvgIpc) is 2.71. The Morgan fingerprint density at radius 3 is 2.85 bits per heavy atom. The zero-order valence-corrected chi connectivity index (χ0v) is 7.97. The third-order valence-corrected chi connectivity index (χ3v) is 2.52. The molecule has 13 heavy (non-hydrogen) atoms. The lowest BCUT2D eigenvalue weighted by molar-refractivity contribution is 0.510. The summed E-state index contributed by atoms with van der Waals surface area (Å²) in [7, 11) is 0. The third kappa shape index (κ3) is 1.61. The summed E-state index contributed by atoms with van der Waals surface area (Å²) in [6.07, 6.45) is 3.45. The van der Waals surface area contributed by atoms with Crippen LogP contribution in [0.25, 0.3) is 10.6 Å². The van der Waals surface area contributed by atoms with E-state index in [1.165, 1.54) is 0 Å². The van der Waals surface area contributed by atoms with E-state index in [0.717, 1.165) is 15.6 Å². The monoisotopic (exact) mass is 195 g/mol. The molecule has 0 saturated carbocycles. The summed E-state index contributed by atoms with van der Waals surface area (Å²) in [6, 6.07) is 0. The van der Waals surface area contributed by atoms with Gasteiger partial charge in [-0.25, -0.2) is 9.97 Å². The van der Waals surface area contributed by atoms with Crippen LogP contribution in [-0.2, 0) is 6.54 Å². The molecule has 0 spiro atoms. The number of oxazole rings is 1. The maximum absolute atomic E-state index is 5.38. The first-order chi connectivity index (χ1) is 6.29. The van der Waals surface area contributed by atoms with Crippen molar-refractivity contribution in [1.82, 2.24) is 9.97 Å². The van der Waals surface area contributed by atoms with Crippen LogP contribution in [0.3, 0.4) is 0 Å². The van der Waals surface area contributed by atoms with E-state index in [4.69, 9.17) is 10.2 Å². The van der Waals surface area contributed by atoms with Crippen LogP contribution in [0.5, 0.6) is 0 Å². The number of nitrogens with zero attached hydrogens (tertiary/aromatic N) is 2. The molecule has 0 aliphatic heterocycles. The van der Waals surface area contributed by atoms with Gasteiger partial charge in [-0.15, -0.1) is 11.3 Å². The molecule has 0 amide bonds. The maximum Gasteiger partial charge on any atom is 0.208 e. The minimum Gasteiger partial charge on any atom is -0.438 e. The Kier molecular flexibility index (Phi) is 2.12. The van der Waals surface area contributed by atoms with Gasteiger partial charge in [-0.05, 0) is 6.92 Å². The highest BCUT2D eigenvalue weighted by Crippen LogP contribution is 2.25. The van der Waals surface area contributed by atoms with E-state index in [0.29, 0.717) is 12.4 Å². The average molecular weight is 195 g/mol. The van der Waals surface area contributed by atoms with Crippen LogP contribution < -0.4 is 5.73 Å². The van der Waals surface area contributed by atoms with Gasteiger partial charge in [0, 0.05) is 6.20 Å². The van der Waals surface area contributed by atoms with Crippen LogP contribution in [0.1, 0.15) is 10.9 Å². The van der Waals surface area contributed by atoms with E-state index < -0.39 is 0 Å². The molecule has 0 aliphatic carbocycles. The van der Waals surface area contributed by atoms with Gasteiger partial charge < -0.3 is 10.2 Å². The Morgan fingerprint density at radius 2 is 2.31 bits per heavy atom. The molecule has 2 aromatic rings. The van der Waals surface area contributed by atoms with E-state index >= 15 is 0 Å². The second kappa shape index (κ2) is 3.27. The fourth-order valence-corrected chi connectivity index (χ4v) is 1.72. The van der Waals surface area contributed by atoms with Gasteiger partial charge in [0.2, 0.25) is 5.89 Å². The molecule has 2 aromatic heterocycles. The van der Waals surface area contributed by atoms with Crippen LogP contribution in [0.15, 0.2) is 16.8 Å². The standard InChI is InChI=1S/C8H9N3OS/c1-5-10-4-7(13-5)6-3-11-8(2-9)12-6/h3-4H,2,9H2,1H3. The van der Waals surface area contributed by atoms with E-state index in [-0.39, 0.29) is 0 Å². The summed E-state index contributed by atoms with van der Waals surface area (Å²) in [5, 5.41) is 1.01.